The fourth-order valence-corrected chi connectivity index (χ4v) is 2.97. The van der Waals surface area contributed by atoms with Crippen molar-refractivity contribution in [2.24, 2.45) is 0 Å². The summed E-state index contributed by atoms with van der Waals surface area (Å²) in [5.41, 5.74) is 1.84. The number of rotatable bonds is 5. The Hall–Kier alpha value is -3.88. The maximum Gasteiger partial charge on any atom is 0.271 e. The molecule has 2 aromatic carbocycles. The van der Waals surface area contributed by atoms with E-state index in [4.69, 9.17) is 4.52 Å². The van der Waals surface area contributed by atoms with Gasteiger partial charge in [0.05, 0.1) is 22.2 Å². The summed E-state index contributed by atoms with van der Waals surface area (Å²) in [4.78, 5) is 31.5. The Labute approximate surface area is 164 Å². The summed E-state index contributed by atoms with van der Waals surface area (Å²) in [6.45, 7) is 4.29. The molecule has 0 fully saturated rings. The van der Waals surface area contributed by atoms with E-state index in [2.05, 4.69) is 29.0 Å². The van der Waals surface area contributed by atoms with Crippen LogP contribution < -0.4 is 5.56 Å². The molecule has 0 unspecified atom stereocenters. The lowest BCUT2D eigenvalue weighted by molar-refractivity contribution is -0.384. The van der Waals surface area contributed by atoms with Crippen molar-refractivity contribution in [1.29, 1.82) is 0 Å². The van der Waals surface area contributed by atoms with Gasteiger partial charge in [-0.1, -0.05) is 43.3 Å². The number of nitro groups is 1. The van der Waals surface area contributed by atoms with Crippen molar-refractivity contribution in [2.45, 2.75) is 26.3 Å². The smallest absolute Gasteiger partial charge is 0.271 e. The molecule has 29 heavy (non-hydrogen) atoms. The molecule has 9 nitrogen and oxygen atoms in total. The van der Waals surface area contributed by atoms with E-state index in [1.807, 2.05) is 24.3 Å². The molecule has 0 radical (unpaired) electrons. The number of nitrogens with zero attached hydrogens (tertiary/aromatic N) is 5. The molecule has 146 valence electrons. The molecule has 2 heterocycles. The van der Waals surface area contributed by atoms with Crippen LogP contribution in [0.3, 0.4) is 0 Å². The number of non-ortho nitro benzene ring substituents is 1. The average molecular weight is 391 g/mol. The molecule has 0 spiro atoms. The number of benzene rings is 2. The van der Waals surface area contributed by atoms with Crippen LogP contribution in [0.4, 0.5) is 5.69 Å². The summed E-state index contributed by atoms with van der Waals surface area (Å²) in [6, 6.07) is 11.9. The minimum Gasteiger partial charge on any atom is -0.337 e. The zero-order valence-corrected chi connectivity index (χ0v) is 15.8. The van der Waals surface area contributed by atoms with Gasteiger partial charge in [-0.2, -0.15) is 4.98 Å². The predicted octanol–water partition coefficient (Wildman–Crippen LogP) is 3.53. The number of aromatic nitrogens is 4. The van der Waals surface area contributed by atoms with Crippen molar-refractivity contribution in [2.75, 3.05) is 0 Å². The van der Waals surface area contributed by atoms with Gasteiger partial charge in [0.1, 0.15) is 6.54 Å². The highest BCUT2D eigenvalue weighted by molar-refractivity contribution is 5.79. The molecule has 0 atom stereocenters. The Morgan fingerprint density at radius 2 is 1.93 bits per heavy atom. The average Bonchev–Trinajstić information content (AvgIpc) is 3.18. The zero-order valence-electron chi connectivity index (χ0n) is 15.8. The highest BCUT2D eigenvalue weighted by atomic mass is 16.6. The molecule has 4 aromatic rings. The lowest BCUT2D eigenvalue weighted by Gasteiger charge is -2.04. The van der Waals surface area contributed by atoms with Gasteiger partial charge in [0.15, 0.2) is 0 Å². The molecule has 0 aliphatic rings. The normalized spacial score (nSPS) is 11.3. The van der Waals surface area contributed by atoms with Gasteiger partial charge < -0.3 is 4.52 Å². The molecule has 0 aliphatic carbocycles. The van der Waals surface area contributed by atoms with Crippen LogP contribution in [0, 0.1) is 10.1 Å². The monoisotopic (exact) mass is 391 g/mol. The minimum atomic E-state index is -0.527. The highest BCUT2D eigenvalue weighted by Gasteiger charge is 2.14. The molecule has 9 heteroatoms. The molecular formula is C20H17N5O4. The third-order valence-corrected chi connectivity index (χ3v) is 4.63. The van der Waals surface area contributed by atoms with Crippen LogP contribution in [0.2, 0.25) is 0 Å². The highest BCUT2D eigenvalue weighted by Crippen LogP contribution is 2.21. The maximum atomic E-state index is 12.7. The summed E-state index contributed by atoms with van der Waals surface area (Å²) in [5.74, 6) is 1.13. The van der Waals surface area contributed by atoms with Gasteiger partial charge in [-0.25, -0.2) is 4.98 Å². The van der Waals surface area contributed by atoms with Crippen LogP contribution in [0.1, 0.15) is 31.2 Å². The Bertz CT molecular complexity index is 1260. The summed E-state index contributed by atoms with van der Waals surface area (Å²) < 4.78 is 6.61. The maximum absolute atomic E-state index is 12.7. The van der Waals surface area contributed by atoms with Crippen LogP contribution in [0.15, 0.2) is 58.1 Å². The van der Waals surface area contributed by atoms with Gasteiger partial charge in [-0.05, 0) is 17.5 Å². The SMILES string of the molecule is CC(C)c1ccc(-c2noc(Cn3cnc4cc([N+](=O)[O-])ccc4c3=O)n2)cc1. The van der Waals surface area contributed by atoms with Gasteiger partial charge >= 0.3 is 0 Å². The molecule has 4 rings (SSSR count). The van der Waals surface area contributed by atoms with Crippen molar-refractivity contribution >= 4 is 16.6 Å². The van der Waals surface area contributed by atoms with E-state index >= 15 is 0 Å². The van der Waals surface area contributed by atoms with Crippen molar-refractivity contribution in [3.8, 4) is 11.4 Å². The molecule has 0 bridgehead atoms. The number of hydrogen-bond donors (Lipinski definition) is 0. The van der Waals surface area contributed by atoms with Crippen molar-refractivity contribution in [1.82, 2.24) is 19.7 Å². The summed E-state index contributed by atoms with van der Waals surface area (Å²) >= 11 is 0. The number of nitro benzene ring substituents is 1. The second-order valence-electron chi connectivity index (χ2n) is 6.92. The van der Waals surface area contributed by atoms with Gasteiger partial charge in [0.2, 0.25) is 11.7 Å². The van der Waals surface area contributed by atoms with E-state index < -0.39 is 4.92 Å². The zero-order chi connectivity index (χ0) is 20.5. The van der Waals surface area contributed by atoms with Crippen LogP contribution >= 0.6 is 0 Å². The van der Waals surface area contributed by atoms with E-state index in [1.54, 1.807) is 0 Å². The second-order valence-corrected chi connectivity index (χ2v) is 6.92. The second kappa shape index (κ2) is 7.27. The first-order chi connectivity index (χ1) is 13.9. The molecule has 0 saturated heterocycles. The van der Waals surface area contributed by atoms with Gasteiger partial charge in [0, 0.05) is 17.7 Å². The minimum absolute atomic E-state index is 0.0514. The van der Waals surface area contributed by atoms with Gasteiger partial charge in [-0.3, -0.25) is 19.5 Å². The van der Waals surface area contributed by atoms with E-state index in [1.165, 1.54) is 34.7 Å². The van der Waals surface area contributed by atoms with E-state index in [9.17, 15) is 14.9 Å². The Kier molecular flexibility index (Phi) is 4.63. The quantitative estimate of drug-likeness (QED) is 0.377. The molecule has 0 amide bonds. The molecule has 0 aliphatic heterocycles. The largest absolute Gasteiger partial charge is 0.337 e. The van der Waals surface area contributed by atoms with E-state index in [0.29, 0.717) is 11.7 Å². The fraction of sp³-hybridized carbons (Fsp3) is 0.200. The van der Waals surface area contributed by atoms with Crippen LogP contribution in [0.5, 0.6) is 0 Å². The lowest BCUT2D eigenvalue weighted by Crippen LogP contribution is -2.21. The number of hydrogen-bond acceptors (Lipinski definition) is 7. The first-order valence-electron chi connectivity index (χ1n) is 8.99. The van der Waals surface area contributed by atoms with Crippen molar-refractivity contribution < 1.29 is 9.45 Å². The molecule has 0 N–H and O–H groups in total. The summed E-state index contributed by atoms with van der Waals surface area (Å²) in [5, 5.41) is 15.1. The van der Waals surface area contributed by atoms with Crippen LogP contribution in [0.25, 0.3) is 22.3 Å². The molecular weight excluding hydrogens is 374 g/mol. The van der Waals surface area contributed by atoms with E-state index in [0.717, 1.165) is 5.56 Å². The summed E-state index contributed by atoms with van der Waals surface area (Å²) in [6.07, 6.45) is 1.32. The lowest BCUT2D eigenvalue weighted by atomic mass is 10.0. The van der Waals surface area contributed by atoms with Crippen LogP contribution in [-0.4, -0.2) is 24.6 Å². The van der Waals surface area contributed by atoms with E-state index in [-0.39, 0.29) is 34.6 Å². The number of fused-ring (bicyclic) bond motifs is 1. The fourth-order valence-electron chi connectivity index (χ4n) is 2.97. The third kappa shape index (κ3) is 3.62. The van der Waals surface area contributed by atoms with Crippen LogP contribution in [-0.2, 0) is 6.54 Å². The molecule has 2 aromatic heterocycles. The Morgan fingerprint density at radius 1 is 1.17 bits per heavy atom. The third-order valence-electron chi connectivity index (χ3n) is 4.63. The predicted molar refractivity (Wildman–Crippen MR) is 106 cm³/mol. The standard InChI is InChI=1S/C20H17N5O4/c1-12(2)13-3-5-14(6-4-13)19-22-18(29-23-19)10-24-11-21-17-9-15(25(27)28)7-8-16(17)20(24)26/h3-9,11-12H,10H2,1-2H3. The van der Waals surface area contributed by atoms with Crippen molar-refractivity contribution in [3.63, 3.8) is 0 Å². The van der Waals surface area contributed by atoms with Crippen molar-refractivity contribution in [3.05, 3.63) is 80.7 Å². The first kappa shape index (κ1) is 18.5. The molecule has 0 saturated carbocycles. The topological polar surface area (TPSA) is 117 Å². The summed E-state index contributed by atoms with van der Waals surface area (Å²) in [7, 11) is 0. The Morgan fingerprint density at radius 3 is 2.62 bits per heavy atom. The Balaban J connectivity index is 1.60. The van der Waals surface area contributed by atoms with Gasteiger partial charge in [0.25, 0.3) is 11.2 Å². The van der Waals surface area contributed by atoms with Gasteiger partial charge in [-0.15, -0.1) is 0 Å². The first-order valence-corrected chi connectivity index (χ1v) is 8.99.